The van der Waals surface area contributed by atoms with Crippen LogP contribution in [0.4, 0.5) is 0 Å². The highest BCUT2D eigenvalue weighted by Gasteiger charge is 2.18. The Kier molecular flexibility index (Phi) is 77.3. The van der Waals surface area contributed by atoms with Crippen LogP contribution in [0.5, 0.6) is 0 Å². The van der Waals surface area contributed by atoms with Crippen LogP contribution >= 0.6 is 0 Å². The van der Waals surface area contributed by atoms with Gasteiger partial charge in [-0.1, -0.05) is 423 Å². The van der Waals surface area contributed by atoms with E-state index in [0.717, 1.165) is 38.5 Å². The van der Waals surface area contributed by atoms with Gasteiger partial charge in [0.2, 0.25) is 5.91 Å². The summed E-state index contributed by atoms with van der Waals surface area (Å²) in [6, 6.07) is -0.626. The summed E-state index contributed by atoms with van der Waals surface area (Å²) in [5, 5.41) is 23.3. The van der Waals surface area contributed by atoms with Crippen LogP contribution in [-0.4, -0.2) is 47.4 Å². The number of carbonyl (C=O) groups excluding carboxylic acids is 2. The number of unbranched alkanes of at least 4 members (excludes halogenated alkanes) is 65. The van der Waals surface area contributed by atoms with E-state index < -0.39 is 12.1 Å². The molecule has 1 amide bonds. The molecule has 0 aliphatic carbocycles. The summed E-state index contributed by atoms with van der Waals surface area (Å²) >= 11 is 0. The highest BCUT2D eigenvalue weighted by Crippen LogP contribution is 2.20. The predicted octanol–water partition coefficient (Wildman–Crippen LogP) is 27.2. The molecule has 0 bridgehead atoms. The van der Waals surface area contributed by atoms with Crippen molar-refractivity contribution in [2.75, 3.05) is 13.2 Å². The zero-order chi connectivity index (χ0) is 64.2. The molecule has 0 heterocycles. The summed E-state index contributed by atoms with van der Waals surface area (Å²) in [5.41, 5.74) is 0. The Hall–Kier alpha value is -1.66. The molecule has 89 heavy (non-hydrogen) atoms. The van der Waals surface area contributed by atoms with Gasteiger partial charge in [0.05, 0.1) is 25.4 Å². The van der Waals surface area contributed by atoms with Crippen molar-refractivity contribution >= 4 is 11.9 Å². The number of amides is 1. The Bertz CT molecular complexity index is 1400. The van der Waals surface area contributed by atoms with Crippen LogP contribution in [0, 0.1) is 0 Å². The SMILES string of the molecule is CCCCCCCCCCCCCCCCCCCCC/C=C/C(O)C(CO)NC(=O)CCCCCCCCCCCCCCCCCCC/C=C\CCCCCCCCCCCCCCCCCCOC(=O)CCCCCCCCCCCCCCCC. The molecule has 3 N–H and O–H groups in total. The monoisotopic (exact) mass is 1250 g/mol. The van der Waals surface area contributed by atoms with E-state index in [1.807, 2.05) is 6.08 Å². The number of allylic oxidation sites excluding steroid dienone is 3. The number of aliphatic hydroxyl groups is 2. The van der Waals surface area contributed by atoms with Crippen LogP contribution < -0.4 is 5.32 Å². The van der Waals surface area contributed by atoms with Crippen LogP contribution in [0.15, 0.2) is 24.3 Å². The first-order valence-corrected chi connectivity index (χ1v) is 41.1. The number of hydrogen-bond acceptors (Lipinski definition) is 5. The van der Waals surface area contributed by atoms with Gasteiger partial charge in [0.1, 0.15) is 0 Å². The van der Waals surface area contributed by atoms with Crippen LogP contribution in [-0.2, 0) is 14.3 Å². The Labute approximate surface area is 558 Å². The maximum Gasteiger partial charge on any atom is 0.305 e. The van der Waals surface area contributed by atoms with Gasteiger partial charge in [0, 0.05) is 12.8 Å². The topological polar surface area (TPSA) is 95.9 Å². The van der Waals surface area contributed by atoms with Crippen LogP contribution in [0.3, 0.4) is 0 Å². The standard InChI is InChI=1S/C83H161NO5/c1-3-5-7-9-11-13-15-17-19-20-21-39-42-45-48-51-55-59-63-67-71-75-81(86)80(79-85)84-82(87)76-72-68-64-60-56-52-49-46-43-40-37-35-33-31-29-27-25-23-22-24-26-28-30-32-34-36-38-41-44-47-50-54-58-62-66-70-74-78-89-83(88)77-73-69-65-61-57-53-18-16-14-12-10-8-6-4-2/h22,24,71,75,80-81,85-86H,3-21,23,25-70,72-74,76-79H2,1-2H3,(H,84,87)/b24-22-,75-71+. The van der Waals surface area contributed by atoms with Crippen LogP contribution in [0.2, 0.25) is 0 Å². The molecule has 0 aromatic carbocycles. The van der Waals surface area contributed by atoms with Crippen molar-refractivity contribution < 1.29 is 24.5 Å². The average Bonchev–Trinajstić information content (AvgIpc) is 3.63. The fourth-order valence-corrected chi connectivity index (χ4v) is 13.2. The van der Waals surface area contributed by atoms with Crippen molar-refractivity contribution in [3.8, 4) is 0 Å². The summed E-state index contributed by atoms with van der Waals surface area (Å²) in [6.07, 6.45) is 102. The molecule has 0 aliphatic heterocycles. The second-order valence-electron chi connectivity index (χ2n) is 28.5. The van der Waals surface area contributed by atoms with Gasteiger partial charge in [0.25, 0.3) is 0 Å². The minimum Gasteiger partial charge on any atom is -0.466 e. The van der Waals surface area contributed by atoms with Crippen molar-refractivity contribution in [1.82, 2.24) is 5.32 Å². The van der Waals surface area contributed by atoms with Crippen molar-refractivity contribution in [2.24, 2.45) is 0 Å². The largest absolute Gasteiger partial charge is 0.466 e. The van der Waals surface area contributed by atoms with Gasteiger partial charge < -0.3 is 20.3 Å². The lowest BCUT2D eigenvalue weighted by Gasteiger charge is -2.20. The van der Waals surface area contributed by atoms with Crippen molar-refractivity contribution in [3.63, 3.8) is 0 Å². The second-order valence-corrected chi connectivity index (χ2v) is 28.5. The molecule has 0 aromatic heterocycles. The van der Waals surface area contributed by atoms with E-state index in [9.17, 15) is 19.8 Å². The molecule has 0 fully saturated rings. The number of ether oxygens (including phenoxy) is 1. The molecule has 0 aliphatic rings. The number of carbonyl (C=O) groups is 2. The van der Waals surface area contributed by atoms with Gasteiger partial charge >= 0.3 is 5.97 Å². The maximum absolute atomic E-state index is 12.5. The highest BCUT2D eigenvalue weighted by molar-refractivity contribution is 5.76. The Morgan fingerprint density at radius 3 is 0.798 bits per heavy atom. The van der Waals surface area contributed by atoms with E-state index in [1.54, 1.807) is 6.08 Å². The summed E-state index contributed by atoms with van der Waals surface area (Å²) in [4.78, 5) is 24.6. The van der Waals surface area contributed by atoms with Crippen molar-refractivity contribution in [2.45, 2.75) is 482 Å². The molecule has 2 atom stereocenters. The van der Waals surface area contributed by atoms with E-state index in [0.29, 0.717) is 19.4 Å². The number of aliphatic hydroxyl groups excluding tert-OH is 2. The second kappa shape index (κ2) is 78.8. The summed E-state index contributed by atoms with van der Waals surface area (Å²) in [6.45, 7) is 4.96. The normalized spacial score (nSPS) is 12.5. The van der Waals surface area contributed by atoms with E-state index >= 15 is 0 Å². The van der Waals surface area contributed by atoms with E-state index in [2.05, 4.69) is 31.3 Å². The molecule has 0 saturated heterocycles. The summed E-state index contributed by atoms with van der Waals surface area (Å²) < 4.78 is 5.50. The number of nitrogens with one attached hydrogen (secondary N) is 1. The number of hydrogen-bond donors (Lipinski definition) is 3. The lowest BCUT2D eigenvalue weighted by molar-refractivity contribution is -0.143. The Balaban J connectivity index is 3.35. The van der Waals surface area contributed by atoms with Crippen LogP contribution in [0.1, 0.15) is 470 Å². The van der Waals surface area contributed by atoms with Gasteiger partial charge in [-0.25, -0.2) is 0 Å². The highest BCUT2D eigenvalue weighted by atomic mass is 16.5. The molecule has 0 rings (SSSR count). The lowest BCUT2D eigenvalue weighted by Crippen LogP contribution is -2.45. The van der Waals surface area contributed by atoms with Gasteiger partial charge in [-0.2, -0.15) is 0 Å². The smallest absolute Gasteiger partial charge is 0.305 e. The predicted molar refractivity (Wildman–Crippen MR) is 393 cm³/mol. The third-order valence-corrected chi connectivity index (χ3v) is 19.5. The van der Waals surface area contributed by atoms with Crippen molar-refractivity contribution in [1.29, 1.82) is 0 Å². The maximum atomic E-state index is 12.5. The molecule has 0 aromatic rings. The minimum absolute atomic E-state index is 0.0245. The molecule has 0 saturated carbocycles. The molecular formula is C83H161NO5. The molecule has 0 radical (unpaired) electrons. The zero-order valence-electron chi connectivity index (χ0n) is 60.7. The Morgan fingerprint density at radius 1 is 0.303 bits per heavy atom. The molecular weight excluding hydrogens is 1090 g/mol. The zero-order valence-corrected chi connectivity index (χ0v) is 60.7. The molecule has 6 nitrogen and oxygen atoms in total. The van der Waals surface area contributed by atoms with Crippen molar-refractivity contribution in [3.05, 3.63) is 24.3 Å². The number of esters is 1. The first-order chi connectivity index (χ1) is 44.0. The average molecular weight is 1250 g/mol. The first kappa shape index (κ1) is 87.3. The molecule has 528 valence electrons. The molecule has 0 spiro atoms. The van der Waals surface area contributed by atoms with Gasteiger partial charge in [-0.15, -0.1) is 0 Å². The minimum atomic E-state index is -0.843. The fourth-order valence-electron chi connectivity index (χ4n) is 13.2. The summed E-state index contributed by atoms with van der Waals surface area (Å²) in [7, 11) is 0. The first-order valence-electron chi connectivity index (χ1n) is 41.1. The van der Waals surface area contributed by atoms with E-state index in [1.165, 1.54) is 405 Å². The third-order valence-electron chi connectivity index (χ3n) is 19.5. The quantitative estimate of drug-likeness (QED) is 0.0320. The van der Waals surface area contributed by atoms with Gasteiger partial charge in [0.15, 0.2) is 0 Å². The van der Waals surface area contributed by atoms with E-state index in [-0.39, 0.29) is 18.5 Å². The molecule has 6 heteroatoms. The van der Waals surface area contributed by atoms with Gasteiger partial charge in [-0.05, 0) is 57.8 Å². The van der Waals surface area contributed by atoms with E-state index in [4.69, 9.17) is 4.74 Å². The van der Waals surface area contributed by atoms with Crippen LogP contribution in [0.25, 0.3) is 0 Å². The molecule has 2 unspecified atom stereocenters. The fraction of sp³-hybridized carbons (Fsp3) is 0.928. The third kappa shape index (κ3) is 75.3. The Morgan fingerprint density at radius 2 is 0.528 bits per heavy atom. The number of rotatable bonds is 78. The lowest BCUT2D eigenvalue weighted by atomic mass is 10.0. The summed E-state index contributed by atoms with van der Waals surface area (Å²) in [5.74, 6) is -0.0344. The van der Waals surface area contributed by atoms with Gasteiger partial charge in [-0.3, -0.25) is 9.59 Å².